The summed E-state index contributed by atoms with van der Waals surface area (Å²) in [4.78, 5) is 23.6. The quantitative estimate of drug-likeness (QED) is 0.531. The first-order chi connectivity index (χ1) is 14.3. The Labute approximate surface area is 175 Å². The SMILES string of the molecule is Cc1ccc([C@H](C)Nc2ccc3c(C(=O)N(C)C)cn(-c4cc(C)[nH]n4)c3n2)nc1. The Morgan fingerprint density at radius 1 is 1.20 bits per heavy atom. The van der Waals surface area contributed by atoms with E-state index in [4.69, 9.17) is 4.98 Å². The molecule has 0 aromatic carbocycles. The molecule has 8 heteroatoms. The Morgan fingerprint density at radius 2 is 2.00 bits per heavy atom. The molecule has 0 bridgehead atoms. The second kappa shape index (κ2) is 7.62. The number of hydrogen-bond donors (Lipinski definition) is 2. The van der Waals surface area contributed by atoms with E-state index in [1.807, 2.05) is 61.9 Å². The second-order valence-corrected chi connectivity index (χ2v) is 7.72. The maximum Gasteiger partial charge on any atom is 0.255 e. The lowest BCUT2D eigenvalue weighted by atomic mass is 10.2. The standard InChI is InChI=1S/C22H25N7O/c1-13-6-8-18(23-11-13)15(3)24-19-9-7-16-17(22(30)28(4)5)12-29(21(16)25-19)20-10-14(2)26-27-20/h6-12,15H,1-5H3,(H,24,25)(H,26,27)/t15-/m0/s1. The zero-order chi connectivity index (χ0) is 21.4. The van der Waals surface area contributed by atoms with Crippen LogP contribution in [0.2, 0.25) is 0 Å². The molecule has 0 fully saturated rings. The maximum absolute atomic E-state index is 12.7. The number of H-pyrrole nitrogens is 1. The van der Waals surface area contributed by atoms with Crippen molar-refractivity contribution in [2.24, 2.45) is 0 Å². The predicted octanol–water partition coefficient (Wildman–Crippen LogP) is 3.64. The fourth-order valence-corrected chi connectivity index (χ4v) is 3.33. The highest BCUT2D eigenvalue weighted by Crippen LogP contribution is 2.27. The van der Waals surface area contributed by atoms with Crippen molar-refractivity contribution in [1.82, 2.24) is 29.6 Å². The van der Waals surface area contributed by atoms with Crippen LogP contribution in [-0.4, -0.2) is 49.6 Å². The van der Waals surface area contributed by atoms with Crippen LogP contribution in [0.1, 0.15) is 40.3 Å². The van der Waals surface area contributed by atoms with Crippen molar-refractivity contribution in [3.05, 3.63) is 65.2 Å². The van der Waals surface area contributed by atoms with Gasteiger partial charge in [0.25, 0.3) is 5.91 Å². The maximum atomic E-state index is 12.7. The van der Waals surface area contributed by atoms with Crippen LogP contribution in [-0.2, 0) is 0 Å². The number of fused-ring (bicyclic) bond motifs is 1. The summed E-state index contributed by atoms with van der Waals surface area (Å²) in [6, 6.07) is 9.76. The molecule has 4 aromatic rings. The summed E-state index contributed by atoms with van der Waals surface area (Å²) in [5.74, 6) is 1.31. The summed E-state index contributed by atoms with van der Waals surface area (Å²) in [5, 5.41) is 11.5. The molecule has 0 aliphatic carbocycles. The molecule has 1 amide bonds. The van der Waals surface area contributed by atoms with Crippen LogP contribution >= 0.6 is 0 Å². The minimum absolute atomic E-state index is 0.0190. The van der Waals surface area contributed by atoms with E-state index in [0.29, 0.717) is 22.8 Å². The first-order valence-electron chi connectivity index (χ1n) is 9.78. The first kappa shape index (κ1) is 19.6. The number of aryl methyl sites for hydroxylation is 2. The van der Waals surface area contributed by atoms with Gasteiger partial charge in [-0.05, 0) is 44.5 Å². The monoisotopic (exact) mass is 403 g/mol. The van der Waals surface area contributed by atoms with E-state index < -0.39 is 0 Å². The molecule has 154 valence electrons. The van der Waals surface area contributed by atoms with Gasteiger partial charge >= 0.3 is 0 Å². The van der Waals surface area contributed by atoms with Crippen molar-refractivity contribution in [1.29, 1.82) is 0 Å². The van der Waals surface area contributed by atoms with Gasteiger partial charge in [-0.1, -0.05) is 6.07 Å². The molecule has 0 saturated carbocycles. The second-order valence-electron chi connectivity index (χ2n) is 7.72. The lowest BCUT2D eigenvalue weighted by molar-refractivity contribution is 0.0829. The zero-order valence-corrected chi connectivity index (χ0v) is 17.8. The van der Waals surface area contributed by atoms with Crippen molar-refractivity contribution >= 4 is 22.8 Å². The Morgan fingerprint density at radius 3 is 2.63 bits per heavy atom. The Bertz CT molecular complexity index is 1200. The van der Waals surface area contributed by atoms with Gasteiger partial charge in [0.2, 0.25) is 0 Å². The summed E-state index contributed by atoms with van der Waals surface area (Å²) < 4.78 is 1.84. The number of amides is 1. The molecule has 4 heterocycles. The third kappa shape index (κ3) is 3.63. The number of anilines is 1. The first-order valence-corrected chi connectivity index (χ1v) is 9.78. The van der Waals surface area contributed by atoms with E-state index in [1.54, 1.807) is 25.2 Å². The summed E-state index contributed by atoms with van der Waals surface area (Å²) in [7, 11) is 3.48. The number of carbonyl (C=O) groups excluding carboxylic acids is 1. The van der Waals surface area contributed by atoms with Crippen LogP contribution < -0.4 is 5.32 Å². The van der Waals surface area contributed by atoms with Crippen LogP contribution in [0.25, 0.3) is 16.9 Å². The Balaban J connectivity index is 1.76. The molecule has 0 saturated heterocycles. The summed E-state index contributed by atoms with van der Waals surface area (Å²) >= 11 is 0. The van der Waals surface area contributed by atoms with Gasteiger partial charge in [-0.15, -0.1) is 0 Å². The molecule has 4 rings (SSSR count). The number of rotatable bonds is 5. The lowest BCUT2D eigenvalue weighted by Gasteiger charge is -2.14. The molecule has 2 N–H and O–H groups in total. The topological polar surface area (TPSA) is 91.7 Å². The van der Waals surface area contributed by atoms with E-state index in [2.05, 4.69) is 20.5 Å². The van der Waals surface area contributed by atoms with Crippen molar-refractivity contribution < 1.29 is 4.79 Å². The number of carbonyl (C=O) groups is 1. The van der Waals surface area contributed by atoms with Crippen LogP contribution in [0.15, 0.2) is 42.7 Å². The van der Waals surface area contributed by atoms with Gasteiger partial charge in [-0.25, -0.2) is 4.98 Å². The molecular weight excluding hydrogens is 378 g/mol. The largest absolute Gasteiger partial charge is 0.362 e. The molecule has 0 radical (unpaired) electrons. The molecule has 4 aromatic heterocycles. The van der Waals surface area contributed by atoms with Gasteiger partial charge in [-0.3, -0.25) is 19.4 Å². The fraction of sp³-hybridized carbons (Fsp3) is 0.273. The normalized spacial score (nSPS) is 12.2. The summed E-state index contributed by atoms with van der Waals surface area (Å²) in [6.07, 6.45) is 3.65. The minimum atomic E-state index is -0.0780. The molecule has 0 aliphatic heterocycles. The number of nitrogens with zero attached hydrogens (tertiary/aromatic N) is 5. The highest BCUT2D eigenvalue weighted by molar-refractivity contribution is 6.06. The van der Waals surface area contributed by atoms with Crippen molar-refractivity contribution in [3.8, 4) is 5.82 Å². The average Bonchev–Trinajstić information content (AvgIpc) is 3.31. The third-order valence-electron chi connectivity index (χ3n) is 4.97. The van der Waals surface area contributed by atoms with E-state index >= 15 is 0 Å². The van der Waals surface area contributed by atoms with Crippen LogP contribution in [0.5, 0.6) is 0 Å². The minimum Gasteiger partial charge on any atom is -0.362 e. The smallest absolute Gasteiger partial charge is 0.255 e. The molecule has 0 aliphatic rings. The van der Waals surface area contributed by atoms with Crippen molar-refractivity contribution in [2.45, 2.75) is 26.8 Å². The van der Waals surface area contributed by atoms with E-state index in [9.17, 15) is 4.79 Å². The van der Waals surface area contributed by atoms with Gasteiger partial charge in [0.05, 0.1) is 17.3 Å². The lowest BCUT2D eigenvalue weighted by Crippen LogP contribution is -2.21. The highest BCUT2D eigenvalue weighted by atomic mass is 16.2. The van der Waals surface area contributed by atoms with Gasteiger partial charge < -0.3 is 10.2 Å². The summed E-state index contributed by atoms with van der Waals surface area (Å²) in [6.45, 7) is 5.99. The average molecular weight is 403 g/mol. The van der Waals surface area contributed by atoms with Gasteiger partial charge in [-0.2, -0.15) is 5.10 Å². The van der Waals surface area contributed by atoms with Gasteiger partial charge in [0.15, 0.2) is 5.82 Å². The van der Waals surface area contributed by atoms with Crippen molar-refractivity contribution in [3.63, 3.8) is 0 Å². The third-order valence-corrected chi connectivity index (χ3v) is 4.97. The number of nitrogens with one attached hydrogen (secondary N) is 2. The molecule has 1 atom stereocenters. The number of pyridine rings is 2. The Hall–Kier alpha value is -3.68. The van der Waals surface area contributed by atoms with Crippen molar-refractivity contribution in [2.75, 3.05) is 19.4 Å². The number of aromatic amines is 1. The van der Waals surface area contributed by atoms with E-state index in [0.717, 1.165) is 22.3 Å². The van der Waals surface area contributed by atoms with Gasteiger partial charge in [0.1, 0.15) is 11.5 Å². The number of aromatic nitrogens is 5. The van der Waals surface area contributed by atoms with Crippen LogP contribution in [0, 0.1) is 13.8 Å². The zero-order valence-electron chi connectivity index (χ0n) is 17.8. The summed E-state index contributed by atoms with van der Waals surface area (Å²) in [5.41, 5.74) is 4.24. The van der Waals surface area contributed by atoms with E-state index in [-0.39, 0.29) is 11.9 Å². The fourth-order valence-electron chi connectivity index (χ4n) is 3.33. The molecule has 8 nitrogen and oxygen atoms in total. The molecule has 0 spiro atoms. The predicted molar refractivity (Wildman–Crippen MR) is 117 cm³/mol. The molecule has 0 unspecified atom stereocenters. The van der Waals surface area contributed by atoms with Gasteiger partial charge in [0, 0.05) is 43.6 Å². The molecule has 30 heavy (non-hydrogen) atoms. The van der Waals surface area contributed by atoms with Crippen LogP contribution in [0.4, 0.5) is 5.82 Å². The molecular formula is C22H25N7O. The number of hydrogen-bond acceptors (Lipinski definition) is 5. The van der Waals surface area contributed by atoms with E-state index in [1.165, 1.54) is 0 Å². The highest BCUT2D eigenvalue weighted by Gasteiger charge is 2.20. The Kier molecular flexibility index (Phi) is 4.99. The van der Waals surface area contributed by atoms with Crippen LogP contribution in [0.3, 0.4) is 0 Å².